The second kappa shape index (κ2) is 8.24. The van der Waals surface area contributed by atoms with E-state index in [9.17, 15) is 14.9 Å². The number of hydrogen-bond acceptors (Lipinski definition) is 8. The first kappa shape index (κ1) is 18.3. The maximum absolute atomic E-state index is 12.2. The van der Waals surface area contributed by atoms with Crippen molar-refractivity contribution in [1.82, 2.24) is 4.98 Å². The molecule has 0 bridgehead atoms. The van der Waals surface area contributed by atoms with Crippen molar-refractivity contribution in [2.24, 2.45) is 0 Å². The SMILES string of the molecule is Cc1ncsc1CCOC(=O)c1ccc(N2CCOCC2)c([N+](=O)[O-])c1. The number of rotatable bonds is 6. The minimum atomic E-state index is -0.566. The van der Waals surface area contributed by atoms with Crippen LogP contribution in [0.25, 0.3) is 0 Å². The second-order valence-corrected chi connectivity index (χ2v) is 6.75. The van der Waals surface area contributed by atoms with Gasteiger partial charge in [0.05, 0.1) is 41.5 Å². The molecule has 0 spiro atoms. The normalized spacial score (nSPS) is 14.3. The first-order valence-corrected chi connectivity index (χ1v) is 9.11. The van der Waals surface area contributed by atoms with Crippen LogP contribution < -0.4 is 4.90 Å². The molecule has 1 aromatic carbocycles. The van der Waals surface area contributed by atoms with Gasteiger partial charge in [-0.25, -0.2) is 9.78 Å². The Kier molecular flexibility index (Phi) is 5.79. The molecule has 2 heterocycles. The third-order valence-electron chi connectivity index (χ3n) is 4.17. The van der Waals surface area contributed by atoms with E-state index in [1.807, 2.05) is 11.8 Å². The van der Waals surface area contributed by atoms with Gasteiger partial charge in [-0.15, -0.1) is 11.3 Å². The molecule has 1 aliphatic heterocycles. The van der Waals surface area contributed by atoms with E-state index in [1.54, 1.807) is 17.6 Å². The summed E-state index contributed by atoms with van der Waals surface area (Å²) in [5, 5.41) is 11.4. The zero-order valence-electron chi connectivity index (χ0n) is 14.3. The number of hydrogen-bond donors (Lipinski definition) is 0. The van der Waals surface area contributed by atoms with E-state index in [4.69, 9.17) is 9.47 Å². The molecule has 0 amide bonds. The number of morpholine rings is 1. The highest BCUT2D eigenvalue weighted by Crippen LogP contribution is 2.30. The highest BCUT2D eigenvalue weighted by atomic mass is 32.1. The van der Waals surface area contributed by atoms with Crippen LogP contribution in [0.15, 0.2) is 23.7 Å². The second-order valence-electron chi connectivity index (χ2n) is 5.81. The fraction of sp³-hybridized carbons (Fsp3) is 0.412. The van der Waals surface area contributed by atoms with E-state index in [1.165, 1.54) is 17.4 Å². The van der Waals surface area contributed by atoms with Crippen molar-refractivity contribution in [3.8, 4) is 0 Å². The Morgan fingerprint density at radius 1 is 1.42 bits per heavy atom. The number of thiazole rings is 1. The van der Waals surface area contributed by atoms with Gasteiger partial charge in [-0.1, -0.05) is 0 Å². The summed E-state index contributed by atoms with van der Waals surface area (Å²) in [6, 6.07) is 4.45. The van der Waals surface area contributed by atoms with Crippen LogP contribution in [0.4, 0.5) is 11.4 Å². The molecular weight excluding hydrogens is 358 g/mol. The number of nitro groups is 1. The highest BCUT2D eigenvalue weighted by Gasteiger charge is 2.23. The Labute approximate surface area is 154 Å². The van der Waals surface area contributed by atoms with Crippen LogP contribution >= 0.6 is 11.3 Å². The van der Waals surface area contributed by atoms with E-state index in [0.29, 0.717) is 38.4 Å². The van der Waals surface area contributed by atoms with Crippen LogP contribution in [0.5, 0.6) is 0 Å². The van der Waals surface area contributed by atoms with Gasteiger partial charge in [-0.2, -0.15) is 0 Å². The molecule has 2 aromatic rings. The van der Waals surface area contributed by atoms with Crippen LogP contribution in [0.1, 0.15) is 20.9 Å². The van der Waals surface area contributed by atoms with Crippen molar-refractivity contribution in [3.63, 3.8) is 0 Å². The standard InChI is InChI=1S/C17H19N3O5S/c1-12-16(26-11-18-12)4-7-25-17(21)13-2-3-14(15(10-13)20(22)23)19-5-8-24-9-6-19/h2-3,10-11H,4-9H2,1H3. The van der Waals surface area contributed by atoms with Crippen molar-refractivity contribution in [3.05, 3.63) is 50.0 Å². The Morgan fingerprint density at radius 3 is 2.85 bits per heavy atom. The molecule has 1 saturated heterocycles. The number of carbonyl (C=O) groups excluding carboxylic acids is 1. The first-order chi connectivity index (χ1) is 12.6. The molecule has 0 unspecified atom stereocenters. The fourth-order valence-electron chi connectivity index (χ4n) is 2.75. The average molecular weight is 377 g/mol. The van der Waals surface area contributed by atoms with E-state index in [2.05, 4.69) is 4.98 Å². The molecule has 1 aromatic heterocycles. The van der Waals surface area contributed by atoms with Gasteiger partial charge in [0.15, 0.2) is 0 Å². The Morgan fingerprint density at radius 2 is 2.19 bits per heavy atom. The zero-order chi connectivity index (χ0) is 18.5. The van der Waals surface area contributed by atoms with Crippen LogP contribution in [-0.4, -0.2) is 48.8 Å². The van der Waals surface area contributed by atoms with Crippen molar-refractivity contribution in [1.29, 1.82) is 0 Å². The van der Waals surface area contributed by atoms with Gasteiger partial charge in [0, 0.05) is 30.5 Å². The lowest BCUT2D eigenvalue weighted by molar-refractivity contribution is -0.384. The van der Waals surface area contributed by atoms with Crippen molar-refractivity contribution >= 4 is 28.7 Å². The van der Waals surface area contributed by atoms with Crippen LogP contribution in [0.2, 0.25) is 0 Å². The molecule has 0 aliphatic carbocycles. The van der Waals surface area contributed by atoms with Crippen molar-refractivity contribution in [2.75, 3.05) is 37.8 Å². The lowest BCUT2D eigenvalue weighted by Gasteiger charge is -2.28. The molecule has 0 N–H and O–H groups in total. The molecule has 0 atom stereocenters. The first-order valence-electron chi connectivity index (χ1n) is 8.23. The quantitative estimate of drug-likeness (QED) is 0.434. The molecule has 1 aliphatic rings. The number of aromatic nitrogens is 1. The monoisotopic (exact) mass is 377 g/mol. The number of nitro benzene ring substituents is 1. The maximum Gasteiger partial charge on any atom is 0.338 e. The van der Waals surface area contributed by atoms with E-state index in [0.717, 1.165) is 10.6 Å². The molecule has 1 fully saturated rings. The predicted molar refractivity (Wildman–Crippen MR) is 97.0 cm³/mol. The summed E-state index contributed by atoms with van der Waals surface area (Å²) in [7, 11) is 0. The molecule has 26 heavy (non-hydrogen) atoms. The molecule has 0 saturated carbocycles. The third kappa shape index (κ3) is 4.17. The van der Waals surface area contributed by atoms with Crippen molar-refractivity contribution in [2.45, 2.75) is 13.3 Å². The molecule has 9 heteroatoms. The zero-order valence-corrected chi connectivity index (χ0v) is 15.2. The van der Waals surface area contributed by atoms with Gasteiger partial charge in [-0.05, 0) is 19.1 Å². The molecule has 8 nitrogen and oxygen atoms in total. The lowest BCUT2D eigenvalue weighted by Crippen LogP contribution is -2.36. The minimum absolute atomic E-state index is 0.0975. The number of nitrogens with zero attached hydrogens (tertiary/aromatic N) is 3. The number of esters is 1. The summed E-state index contributed by atoms with van der Waals surface area (Å²) in [5.74, 6) is -0.566. The topological polar surface area (TPSA) is 94.8 Å². The van der Waals surface area contributed by atoms with Crippen LogP contribution in [0.3, 0.4) is 0 Å². The maximum atomic E-state index is 12.2. The Bertz CT molecular complexity index is 801. The van der Waals surface area contributed by atoms with Gasteiger partial charge < -0.3 is 14.4 Å². The molecular formula is C17H19N3O5S. The Hall–Kier alpha value is -2.52. The summed E-state index contributed by atoms with van der Waals surface area (Å²) in [5.41, 5.74) is 3.25. The number of anilines is 1. The predicted octanol–water partition coefficient (Wildman–Crippen LogP) is 2.60. The van der Waals surface area contributed by atoms with Gasteiger partial charge in [0.1, 0.15) is 5.69 Å². The minimum Gasteiger partial charge on any atom is -0.462 e. The smallest absolute Gasteiger partial charge is 0.338 e. The van der Waals surface area contributed by atoms with E-state index < -0.39 is 10.9 Å². The number of ether oxygens (including phenoxy) is 2. The fourth-order valence-corrected chi connectivity index (χ4v) is 3.52. The van der Waals surface area contributed by atoms with Crippen molar-refractivity contribution < 1.29 is 19.2 Å². The average Bonchev–Trinajstić information content (AvgIpc) is 3.06. The summed E-state index contributed by atoms with van der Waals surface area (Å²) in [4.78, 5) is 30.3. The van der Waals surface area contributed by atoms with Crippen LogP contribution in [0, 0.1) is 17.0 Å². The molecule has 138 valence electrons. The lowest BCUT2D eigenvalue weighted by atomic mass is 10.1. The largest absolute Gasteiger partial charge is 0.462 e. The Balaban J connectivity index is 1.69. The molecule has 0 radical (unpaired) electrons. The third-order valence-corrected chi connectivity index (χ3v) is 5.16. The van der Waals surface area contributed by atoms with E-state index >= 15 is 0 Å². The van der Waals surface area contributed by atoms with Crippen LogP contribution in [-0.2, 0) is 15.9 Å². The summed E-state index contributed by atoms with van der Waals surface area (Å²) >= 11 is 1.51. The number of benzene rings is 1. The molecule has 3 rings (SSSR count). The van der Waals surface area contributed by atoms with Gasteiger partial charge in [-0.3, -0.25) is 10.1 Å². The number of aryl methyl sites for hydroxylation is 1. The van der Waals surface area contributed by atoms with Gasteiger partial charge in [0.25, 0.3) is 5.69 Å². The summed E-state index contributed by atoms with van der Waals surface area (Å²) in [6.45, 7) is 4.33. The summed E-state index contributed by atoms with van der Waals surface area (Å²) in [6.07, 6.45) is 0.580. The van der Waals surface area contributed by atoms with Gasteiger partial charge in [0.2, 0.25) is 0 Å². The number of carbonyl (C=O) groups is 1. The van der Waals surface area contributed by atoms with E-state index in [-0.39, 0.29) is 17.9 Å². The van der Waals surface area contributed by atoms with Gasteiger partial charge >= 0.3 is 5.97 Å². The highest BCUT2D eigenvalue weighted by molar-refractivity contribution is 7.09. The summed E-state index contributed by atoms with van der Waals surface area (Å²) < 4.78 is 10.5.